The Kier molecular flexibility index (Phi) is 10.4. The Balaban J connectivity index is 1.59. The molecule has 0 aliphatic heterocycles. The molecule has 0 saturated carbocycles. The third-order valence-corrected chi connectivity index (χ3v) is 6.39. The van der Waals surface area contributed by atoms with Gasteiger partial charge in [-0.3, -0.25) is 9.59 Å². The van der Waals surface area contributed by atoms with E-state index in [-0.39, 0.29) is 18.4 Å². The van der Waals surface area contributed by atoms with Gasteiger partial charge in [-0.2, -0.15) is 0 Å². The molecule has 9 heteroatoms. The van der Waals surface area contributed by atoms with Crippen LogP contribution in [0.5, 0.6) is 0 Å². The summed E-state index contributed by atoms with van der Waals surface area (Å²) in [5, 5.41) is 9.56. The van der Waals surface area contributed by atoms with Gasteiger partial charge >= 0.3 is 0 Å². The largest absolute Gasteiger partial charge is 0.322 e. The second-order valence-corrected chi connectivity index (χ2v) is 9.92. The van der Waals surface area contributed by atoms with E-state index in [2.05, 4.69) is 50.7 Å². The number of benzene rings is 1. The number of hydrogen-bond donors (Lipinski definition) is 3. The molecule has 190 valence electrons. The van der Waals surface area contributed by atoms with Crippen molar-refractivity contribution in [3.8, 4) is 0 Å². The zero-order valence-corrected chi connectivity index (χ0v) is 22.1. The minimum Gasteiger partial charge on any atom is -0.322 e. The highest BCUT2D eigenvalue weighted by atomic mass is 32.2. The summed E-state index contributed by atoms with van der Waals surface area (Å²) >= 11 is 1.46. The fourth-order valence-electron chi connectivity index (χ4n) is 3.33. The van der Waals surface area contributed by atoms with Gasteiger partial charge in [0.2, 0.25) is 5.91 Å². The maximum atomic E-state index is 13.0. The summed E-state index contributed by atoms with van der Waals surface area (Å²) in [4.78, 5) is 35.9. The van der Waals surface area contributed by atoms with E-state index in [0.29, 0.717) is 28.1 Å². The molecular formula is C27H34N6O2S. The highest BCUT2D eigenvalue weighted by molar-refractivity contribution is 7.98. The summed E-state index contributed by atoms with van der Waals surface area (Å²) < 4.78 is 0. The zero-order chi connectivity index (χ0) is 25.9. The first-order valence-electron chi connectivity index (χ1n) is 11.9. The molecule has 0 unspecified atom stereocenters. The highest BCUT2D eigenvalue weighted by Crippen LogP contribution is 2.26. The molecule has 0 saturated heterocycles. The van der Waals surface area contributed by atoms with E-state index in [1.165, 1.54) is 17.3 Å². The maximum absolute atomic E-state index is 13.0. The second-order valence-electron chi connectivity index (χ2n) is 8.96. The van der Waals surface area contributed by atoms with Crippen molar-refractivity contribution in [2.24, 2.45) is 0 Å². The number of nitrogens with zero attached hydrogens (tertiary/aromatic N) is 3. The molecule has 2 amide bonds. The predicted octanol–water partition coefficient (Wildman–Crippen LogP) is 4.23. The minimum atomic E-state index is -0.198. The summed E-state index contributed by atoms with van der Waals surface area (Å²) in [6, 6.07) is 15.1. The van der Waals surface area contributed by atoms with Gasteiger partial charge in [0.05, 0.1) is 12.1 Å². The second kappa shape index (κ2) is 13.7. The lowest BCUT2D eigenvalue weighted by Gasteiger charge is -2.12. The SMILES string of the molecule is CC(C)c1cccc(NC(=O)c2cccnc2SCc2ccnc(NC(=O)CNCCN(C)C)c2)c1. The summed E-state index contributed by atoms with van der Waals surface area (Å²) in [7, 11) is 3.97. The van der Waals surface area contributed by atoms with E-state index in [1.807, 2.05) is 44.4 Å². The van der Waals surface area contributed by atoms with E-state index < -0.39 is 0 Å². The molecule has 3 rings (SSSR count). The van der Waals surface area contributed by atoms with Crippen molar-refractivity contribution in [1.82, 2.24) is 20.2 Å². The number of amides is 2. The number of thioether (sulfide) groups is 1. The molecule has 36 heavy (non-hydrogen) atoms. The third kappa shape index (κ3) is 8.75. The van der Waals surface area contributed by atoms with Crippen molar-refractivity contribution in [2.75, 3.05) is 44.4 Å². The molecule has 0 atom stereocenters. The van der Waals surface area contributed by atoms with Gasteiger partial charge in [0.15, 0.2) is 0 Å². The number of anilines is 2. The van der Waals surface area contributed by atoms with Crippen molar-refractivity contribution in [3.05, 3.63) is 77.6 Å². The summed E-state index contributed by atoms with van der Waals surface area (Å²) in [5.74, 6) is 1.11. The van der Waals surface area contributed by atoms with Gasteiger partial charge in [-0.05, 0) is 67.5 Å². The average molecular weight is 507 g/mol. The summed E-state index contributed by atoms with van der Waals surface area (Å²) in [5.41, 5.74) is 3.41. The number of pyridine rings is 2. The number of nitrogens with one attached hydrogen (secondary N) is 3. The van der Waals surface area contributed by atoms with Gasteiger partial charge in [-0.25, -0.2) is 9.97 Å². The Labute approximate surface area is 217 Å². The van der Waals surface area contributed by atoms with Crippen LogP contribution < -0.4 is 16.0 Å². The summed E-state index contributed by atoms with van der Waals surface area (Å²) in [6.45, 7) is 6.05. The van der Waals surface area contributed by atoms with Crippen molar-refractivity contribution in [3.63, 3.8) is 0 Å². The maximum Gasteiger partial charge on any atom is 0.258 e. The molecule has 0 spiro atoms. The van der Waals surface area contributed by atoms with Crippen LogP contribution in [0.3, 0.4) is 0 Å². The van der Waals surface area contributed by atoms with E-state index in [9.17, 15) is 9.59 Å². The first kappa shape index (κ1) is 27.3. The average Bonchev–Trinajstić information content (AvgIpc) is 2.86. The summed E-state index contributed by atoms with van der Waals surface area (Å²) in [6.07, 6.45) is 3.35. The lowest BCUT2D eigenvalue weighted by atomic mass is 10.0. The van der Waals surface area contributed by atoms with Crippen LogP contribution in [-0.2, 0) is 10.5 Å². The monoisotopic (exact) mass is 506 g/mol. The first-order chi connectivity index (χ1) is 17.3. The lowest BCUT2D eigenvalue weighted by Crippen LogP contribution is -2.33. The van der Waals surface area contributed by atoms with E-state index >= 15 is 0 Å². The van der Waals surface area contributed by atoms with Crippen LogP contribution in [0.2, 0.25) is 0 Å². The molecular weight excluding hydrogens is 472 g/mol. The molecule has 1 aromatic carbocycles. The van der Waals surface area contributed by atoms with Gasteiger partial charge < -0.3 is 20.9 Å². The molecule has 0 aliphatic rings. The number of aromatic nitrogens is 2. The van der Waals surface area contributed by atoms with Crippen LogP contribution in [0.25, 0.3) is 0 Å². The molecule has 2 aromatic heterocycles. The molecule has 0 fully saturated rings. The van der Waals surface area contributed by atoms with E-state index in [0.717, 1.165) is 24.3 Å². The van der Waals surface area contributed by atoms with E-state index in [1.54, 1.807) is 24.5 Å². The van der Waals surface area contributed by atoms with Gasteiger partial charge in [0, 0.05) is 36.9 Å². The molecule has 8 nitrogen and oxygen atoms in total. The third-order valence-electron chi connectivity index (χ3n) is 5.32. The van der Waals surface area contributed by atoms with E-state index in [4.69, 9.17) is 0 Å². The topological polar surface area (TPSA) is 99.2 Å². The number of hydrogen-bond acceptors (Lipinski definition) is 7. The number of rotatable bonds is 12. The number of carbonyl (C=O) groups is 2. The lowest BCUT2D eigenvalue weighted by molar-refractivity contribution is -0.115. The van der Waals surface area contributed by atoms with Gasteiger partial charge in [-0.1, -0.05) is 26.0 Å². The van der Waals surface area contributed by atoms with Gasteiger partial charge in [0.1, 0.15) is 10.8 Å². The fraction of sp³-hybridized carbons (Fsp3) is 0.333. The number of carbonyl (C=O) groups excluding carboxylic acids is 2. The fourth-order valence-corrected chi connectivity index (χ4v) is 4.26. The highest BCUT2D eigenvalue weighted by Gasteiger charge is 2.14. The number of likely N-dealkylation sites (N-methyl/N-ethyl adjacent to an activating group) is 1. The Morgan fingerprint density at radius 3 is 2.61 bits per heavy atom. The smallest absolute Gasteiger partial charge is 0.258 e. The van der Waals surface area contributed by atoms with Crippen LogP contribution in [0.15, 0.2) is 66.0 Å². The van der Waals surface area contributed by atoms with Crippen LogP contribution >= 0.6 is 11.8 Å². The molecule has 3 N–H and O–H groups in total. The van der Waals surface area contributed by atoms with Crippen LogP contribution in [0.4, 0.5) is 11.5 Å². The normalized spacial score (nSPS) is 11.1. The van der Waals surface area contributed by atoms with Crippen LogP contribution in [0, 0.1) is 0 Å². The van der Waals surface area contributed by atoms with Crippen LogP contribution in [0.1, 0.15) is 41.3 Å². The van der Waals surface area contributed by atoms with Crippen molar-refractivity contribution in [2.45, 2.75) is 30.5 Å². The molecule has 0 radical (unpaired) electrons. The van der Waals surface area contributed by atoms with Crippen LogP contribution in [-0.4, -0.2) is 60.4 Å². The Bertz CT molecular complexity index is 1170. The minimum absolute atomic E-state index is 0.142. The van der Waals surface area contributed by atoms with Gasteiger partial charge in [0.25, 0.3) is 5.91 Å². The standard InChI is InChI=1S/C27H34N6O2S/c1-19(2)21-7-5-8-22(16-21)31-26(35)23-9-6-11-30-27(23)36-18-20-10-12-29-24(15-20)32-25(34)17-28-13-14-33(3)4/h5-12,15-16,19,28H,13-14,17-18H2,1-4H3,(H,31,35)(H,29,32,34). The molecule has 3 aromatic rings. The Morgan fingerprint density at radius 2 is 1.83 bits per heavy atom. The molecule has 0 aliphatic carbocycles. The molecule has 2 heterocycles. The first-order valence-corrected chi connectivity index (χ1v) is 12.9. The Morgan fingerprint density at radius 1 is 1.00 bits per heavy atom. The zero-order valence-electron chi connectivity index (χ0n) is 21.2. The van der Waals surface area contributed by atoms with Crippen molar-refractivity contribution < 1.29 is 9.59 Å². The quantitative estimate of drug-likeness (QED) is 0.250. The Hall–Kier alpha value is -3.27. The van der Waals surface area contributed by atoms with Gasteiger partial charge in [-0.15, -0.1) is 11.8 Å². The van der Waals surface area contributed by atoms with Crippen molar-refractivity contribution in [1.29, 1.82) is 0 Å². The molecule has 0 bridgehead atoms. The van der Waals surface area contributed by atoms with Crippen molar-refractivity contribution >= 4 is 35.1 Å². The predicted molar refractivity (Wildman–Crippen MR) is 147 cm³/mol.